The van der Waals surface area contributed by atoms with E-state index in [1.807, 2.05) is 66.7 Å². The summed E-state index contributed by atoms with van der Waals surface area (Å²) in [6.45, 7) is 1.59. The molecule has 0 aliphatic carbocycles. The summed E-state index contributed by atoms with van der Waals surface area (Å²) < 4.78 is 11.5. The first-order chi connectivity index (χ1) is 12.9. The topological polar surface area (TPSA) is 56.3 Å². The van der Waals surface area contributed by atoms with Gasteiger partial charge in [-0.15, -0.1) is 0 Å². The number of hydrogen-bond acceptors (Lipinski definition) is 5. The molecule has 1 N–H and O–H groups in total. The number of benzene rings is 2. The minimum Gasteiger partial charge on any atom is -0.490 e. The zero-order valence-corrected chi connectivity index (χ0v) is 14.3. The molecule has 3 aromatic rings. The molecule has 1 aliphatic heterocycles. The smallest absolute Gasteiger partial charge is 0.227 e. The first kappa shape index (κ1) is 16.3. The van der Waals surface area contributed by atoms with Gasteiger partial charge in [0.15, 0.2) is 0 Å². The number of aromatic nitrogens is 2. The van der Waals surface area contributed by atoms with Gasteiger partial charge in [-0.25, -0.2) is 9.97 Å². The molecule has 1 aliphatic rings. The summed E-state index contributed by atoms with van der Waals surface area (Å²) >= 11 is 0. The maximum absolute atomic E-state index is 5.78. The highest BCUT2D eigenvalue weighted by Gasteiger charge is 2.05. The van der Waals surface area contributed by atoms with Crippen molar-refractivity contribution < 1.29 is 9.47 Å². The van der Waals surface area contributed by atoms with Crippen molar-refractivity contribution in [2.24, 2.45) is 0 Å². The average Bonchev–Trinajstić information content (AvgIpc) is 2.67. The fourth-order valence-corrected chi connectivity index (χ4v) is 2.72. The van der Waals surface area contributed by atoms with Crippen LogP contribution in [0.2, 0.25) is 0 Å². The van der Waals surface area contributed by atoms with Gasteiger partial charge in [0.05, 0.1) is 18.9 Å². The van der Waals surface area contributed by atoms with Gasteiger partial charge in [-0.2, -0.15) is 0 Å². The molecule has 5 heteroatoms. The van der Waals surface area contributed by atoms with E-state index in [2.05, 4.69) is 15.3 Å². The van der Waals surface area contributed by atoms with Gasteiger partial charge < -0.3 is 14.8 Å². The van der Waals surface area contributed by atoms with Crippen molar-refractivity contribution in [3.63, 3.8) is 0 Å². The van der Waals surface area contributed by atoms with Crippen molar-refractivity contribution >= 4 is 11.6 Å². The second kappa shape index (κ2) is 7.80. The molecule has 0 radical (unpaired) electrons. The van der Waals surface area contributed by atoms with Gasteiger partial charge in [-0.05, 0) is 42.0 Å². The third-order valence-corrected chi connectivity index (χ3v) is 3.96. The van der Waals surface area contributed by atoms with Gasteiger partial charge in [0, 0.05) is 17.4 Å². The van der Waals surface area contributed by atoms with Crippen LogP contribution in [-0.2, 0) is 11.3 Å². The Labute approximate surface area is 152 Å². The van der Waals surface area contributed by atoms with Gasteiger partial charge in [0.25, 0.3) is 0 Å². The van der Waals surface area contributed by atoms with Crippen molar-refractivity contribution in [1.29, 1.82) is 0 Å². The van der Waals surface area contributed by atoms with E-state index in [-0.39, 0.29) is 0 Å². The highest BCUT2D eigenvalue weighted by molar-refractivity contribution is 5.63. The Bertz CT molecular complexity index is 924. The molecule has 2 aromatic carbocycles. The number of rotatable bonds is 0. The van der Waals surface area contributed by atoms with E-state index in [9.17, 15) is 0 Å². The predicted octanol–water partition coefficient (Wildman–Crippen LogP) is 4.35. The number of hydrogen-bond donors (Lipinski definition) is 1. The molecule has 0 spiro atoms. The summed E-state index contributed by atoms with van der Waals surface area (Å²) in [7, 11) is 0. The Morgan fingerprint density at radius 3 is 2.85 bits per heavy atom. The molecule has 0 unspecified atom stereocenters. The normalized spacial score (nSPS) is 15.2. The fraction of sp³-hybridized carbons (Fsp3) is 0.143. The summed E-state index contributed by atoms with van der Waals surface area (Å²) in [5.74, 6) is 1.36. The Kier molecular flexibility index (Phi) is 4.89. The molecular formula is C21H19N3O2. The van der Waals surface area contributed by atoms with Crippen LogP contribution in [0.25, 0.3) is 11.3 Å². The summed E-state index contributed by atoms with van der Waals surface area (Å²) in [4.78, 5) is 8.95. The van der Waals surface area contributed by atoms with E-state index in [1.54, 1.807) is 6.20 Å². The number of ether oxygens (including phenoxy) is 2. The van der Waals surface area contributed by atoms with E-state index >= 15 is 0 Å². The molecule has 0 atom stereocenters. The Balaban J connectivity index is 1.70. The molecular weight excluding hydrogens is 326 g/mol. The molecule has 2 heterocycles. The Morgan fingerprint density at radius 1 is 0.923 bits per heavy atom. The summed E-state index contributed by atoms with van der Waals surface area (Å²) in [5.41, 5.74) is 3.84. The van der Waals surface area contributed by atoms with Gasteiger partial charge in [-0.3, -0.25) is 0 Å². The summed E-state index contributed by atoms with van der Waals surface area (Å²) in [5, 5.41) is 3.26. The zero-order chi connectivity index (χ0) is 17.6. The minimum atomic E-state index is 0.499. The summed E-state index contributed by atoms with van der Waals surface area (Å²) in [6.07, 6.45) is 5.69. The maximum atomic E-state index is 5.78. The quantitative estimate of drug-likeness (QED) is 0.614. The number of fused-ring (bicyclic) bond motifs is 7. The molecule has 0 saturated carbocycles. The SMILES string of the molecule is C1=C\COc2cccc(c2)-c2ccnc(n2)Nc2cccc(c2)COC/1. The first-order valence-corrected chi connectivity index (χ1v) is 8.52. The number of anilines is 2. The summed E-state index contributed by atoms with van der Waals surface area (Å²) in [6, 6.07) is 17.8. The lowest BCUT2D eigenvalue weighted by atomic mass is 10.1. The van der Waals surface area contributed by atoms with Crippen LogP contribution < -0.4 is 10.1 Å². The molecule has 5 nitrogen and oxygen atoms in total. The minimum absolute atomic E-state index is 0.499. The first-order valence-electron chi connectivity index (χ1n) is 8.52. The number of nitrogens with zero attached hydrogens (tertiary/aromatic N) is 2. The monoisotopic (exact) mass is 345 g/mol. The van der Waals surface area contributed by atoms with Crippen LogP contribution in [-0.4, -0.2) is 23.2 Å². The van der Waals surface area contributed by atoms with E-state index < -0.39 is 0 Å². The molecule has 0 fully saturated rings. The molecule has 4 rings (SSSR count). The fourth-order valence-electron chi connectivity index (χ4n) is 2.72. The number of nitrogens with one attached hydrogen (secondary N) is 1. The van der Waals surface area contributed by atoms with Crippen molar-refractivity contribution in [2.75, 3.05) is 18.5 Å². The molecule has 0 saturated heterocycles. The van der Waals surface area contributed by atoms with Crippen molar-refractivity contribution in [3.05, 3.63) is 78.5 Å². The zero-order valence-electron chi connectivity index (χ0n) is 14.3. The van der Waals surface area contributed by atoms with Crippen molar-refractivity contribution in [3.8, 4) is 17.0 Å². The highest BCUT2D eigenvalue weighted by Crippen LogP contribution is 2.24. The van der Waals surface area contributed by atoms with Crippen LogP contribution in [0.15, 0.2) is 72.9 Å². The van der Waals surface area contributed by atoms with Gasteiger partial charge in [0.2, 0.25) is 5.95 Å². The molecule has 26 heavy (non-hydrogen) atoms. The van der Waals surface area contributed by atoms with Crippen LogP contribution >= 0.6 is 0 Å². The third kappa shape index (κ3) is 4.07. The lowest BCUT2D eigenvalue weighted by Crippen LogP contribution is -1.99. The second-order valence-electron chi connectivity index (χ2n) is 5.92. The van der Waals surface area contributed by atoms with Crippen LogP contribution in [0, 0.1) is 0 Å². The lowest BCUT2D eigenvalue weighted by Gasteiger charge is -2.09. The Morgan fingerprint density at radius 2 is 1.85 bits per heavy atom. The van der Waals surface area contributed by atoms with E-state index in [4.69, 9.17) is 9.47 Å². The van der Waals surface area contributed by atoms with Crippen LogP contribution in [0.3, 0.4) is 0 Å². The molecule has 0 amide bonds. The van der Waals surface area contributed by atoms with E-state index in [1.165, 1.54) is 0 Å². The molecule has 1 aromatic heterocycles. The standard InChI is InChI=1S/C21H19N3O2/c1-2-12-26-19-8-4-6-17(14-19)20-9-10-22-21(24-20)23-18-7-3-5-16(13-18)15-25-11-1/h1-10,13-14H,11-12,15H2,(H,22,23,24)/b2-1-. The molecule has 6 bridgehead atoms. The van der Waals surface area contributed by atoms with Crippen molar-refractivity contribution in [1.82, 2.24) is 9.97 Å². The van der Waals surface area contributed by atoms with E-state index in [0.29, 0.717) is 25.8 Å². The maximum Gasteiger partial charge on any atom is 0.227 e. The van der Waals surface area contributed by atoms with Gasteiger partial charge in [0.1, 0.15) is 12.4 Å². The van der Waals surface area contributed by atoms with Gasteiger partial charge >= 0.3 is 0 Å². The van der Waals surface area contributed by atoms with E-state index in [0.717, 1.165) is 28.3 Å². The van der Waals surface area contributed by atoms with Crippen LogP contribution in [0.4, 0.5) is 11.6 Å². The largest absolute Gasteiger partial charge is 0.490 e. The predicted molar refractivity (Wildman–Crippen MR) is 101 cm³/mol. The van der Waals surface area contributed by atoms with Crippen LogP contribution in [0.1, 0.15) is 5.56 Å². The van der Waals surface area contributed by atoms with Crippen LogP contribution in [0.5, 0.6) is 5.75 Å². The van der Waals surface area contributed by atoms with Gasteiger partial charge in [-0.1, -0.05) is 30.3 Å². The van der Waals surface area contributed by atoms with Crippen molar-refractivity contribution in [2.45, 2.75) is 6.61 Å². The Hall–Kier alpha value is -3.18. The molecule has 130 valence electrons. The third-order valence-electron chi connectivity index (χ3n) is 3.96. The average molecular weight is 345 g/mol. The lowest BCUT2D eigenvalue weighted by molar-refractivity contribution is 0.148. The highest BCUT2D eigenvalue weighted by atomic mass is 16.5. The second-order valence-corrected chi connectivity index (χ2v) is 5.92.